The van der Waals surface area contributed by atoms with Gasteiger partial charge >= 0.3 is 5.69 Å². The maximum absolute atomic E-state index is 11.5. The second-order valence-corrected chi connectivity index (χ2v) is 5.30. The molecular formula is C15H19N3O5. The number of methoxy groups -OCH3 is 1. The van der Waals surface area contributed by atoms with E-state index in [1.165, 1.54) is 24.1 Å². The van der Waals surface area contributed by atoms with Crippen LogP contribution in [0.25, 0.3) is 0 Å². The van der Waals surface area contributed by atoms with Crippen molar-refractivity contribution in [1.82, 2.24) is 14.5 Å². The normalized spacial score (nSPS) is 18.8. The fraction of sp³-hybridized carbons (Fsp3) is 0.467. The molecule has 2 atom stereocenters. The van der Waals surface area contributed by atoms with Crippen molar-refractivity contribution in [3.05, 3.63) is 40.8 Å². The minimum absolute atomic E-state index is 0.0383. The van der Waals surface area contributed by atoms with Gasteiger partial charge in [0.25, 0.3) is 0 Å². The quantitative estimate of drug-likeness (QED) is 0.803. The first-order chi connectivity index (χ1) is 11.2. The molecule has 3 rings (SSSR count). The van der Waals surface area contributed by atoms with Gasteiger partial charge in [0.1, 0.15) is 12.2 Å². The van der Waals surface area contributed by atoms with Crippen LogP contribution in [0.4, 0.5) is 0 Å². The summed E-state index contributed by atoms with van der Waals surface area (Å²) in [5, 5.41) is 10.3. The lowest BCUT2D eigenvalue weighted by Gasteiger charge is -2.17. The van der Waals surface area contributed by atoms with E-state index in [1.807, 2.05) is 0 Å². The Bertz CT molecular complexity index is 705. The molecule has 2 unspecified atom stereocenters. The Morgan fingerprint density at radius 1 is 1.57 bits per heavy atom. The van der Waals surface area contributed by atoms with Crippen LogP contribution in [-0.4, -0.2) is 46.1 Å². The highest BCUT2D eigenvalue weighted by Gasteiger charge is 2.21. The zero-order chi connectivity index (χ0) is 16.2. The number of nitrogens with one attached hydrogen (secondary N) is 1. The first kappa shape index (κ1) is 15.6. The third-order valence-corrected chi connectivity index (χ3v) is 3.69. The van der Waals surface area contributed by atoms with Crippen LogP contribution in [0.15, 0.2) is 29.5 Å². The van der Waals surface area contributed by atoms with Gasteiger partial charge in [0, 0.05) is 24.9 Å². The lowest BCUT2D eigenvalue weighted by atomic mass is 10.2. The van der Waals surface area contributed by atoms with Gasteiger partial charge in [-0.05, 0) is 0 Å². The molecule has 3 heterocycles. The van der Waals surface area contributed by atoms with E-state index in [0.29, 0.717) is 30.4 Å². The number of aliphatic hydroxyl groups excluding tert-OH is 1. The molecule has 0 radical (unpaired) electrons. The first-order valence-electron chi connectivity index (χ1n) is 7.37. The molecule has 2 N–H and O–H groups in total. The molecule has 0 spiro atoms. The SMILES string of the molecule is COc1cnc(C(O)Cn2cc[nH]c2=O)cc1OC1CCOC1. The van der Waals surface area contributed by atoms with Crippen LogP contribution in [0.3, 0.4) is 0 Å². The highest BCUT2D eigenvalue weighted by atomic mass is 16.6. The molecule has 0 amide bonds. The largest absolute Gasteiger partial charge is 0.491 e. The number of hydrogen-bond acceptors (Lipinski definition) is 6. The average Bonchev–Trinajstić information content (AvgIpc) is 3.20. The third-order valence-electron chi connectivity index (χ3n) is 3.69. The summed E-state index contributed by atoms with van der Waals surface area (Å²) in [7, 11) is 1.53. The van der Waals surface area contributed by atoms with Gasteiger partial charge in [0.05, 0.1) is 38.8 Å². The van der Waals surface area contributed by atoms with E-state index in [2.05, 4.69) is 9.97 Å². The molecule has 0 aliphatic carbocycles. The van der Waals surface area contributed by atoms with Crippen molar-refractivity contribution >= 4 is 0 Å². The number of imidazole rings is 1. The summed E-state index contributed by atoms with van der Waals surface area (Å²) in [6.07, 6.45) is 4.43. The standard InChI is InChI=1S/C15H19N3O5/c1-21-14-7-17-11(6-13(14)23-10-2-5-22-9-10)12(19)8-18-4-3-16-15(18)20/h3-4,6-7,10,12,19H,2,5,8-9H2,1H3,(H,16,20). The van der Waals surface area contributed by atoms with Gasteiger partial charge in [0.15, 0.2) is 11.5 Å². The number of H-pyrrole nitrogens is 1. The third kappa shape index (κ3) is 3.54. The Hall–Kier alpha value is -2.32. The second-order valence-electron chi connectivity index (χ2n) is 5.30. The van der Waals surface area contributed by atoms with Crippen molar-refractivity contribution in [1.29, 1.82) is 0 Å². The molecule has 0 aromatic carbocycles. The molecule has 0 saturated carbocycles. The van der Waals surface area contributed by atoms with Gasteiger partial charge in [-0.1, -0.05) is 0 Å². The summed E-state index contributed by atoms with van der Waals surface area (Å²) in [6.45, 7) is 1.31. The van der Waals surface area contributed by atoms with Gasteiger partial charge < -0.3 is 24.3 Å². The van der Waals surface area contributed by atoms with Crippen LogP contribution in [0.1, 0.15) is 18.2 Å². The summed E-state index contributed by atoms with van der Waals surface area (Å²) in [5.74, 6) is 1.00. The number of nitrogens with zero attached hydrogens (tertiary/aromatic N) is 2. The summed E-state index contributed by atoms with van der Waals surface area (Å²) in [6, 6.07) is 1.64. The van der Waals surface area contributed by atoms with Crippen molar-refractivity contribution in [2.75, 3.05) is 20.3 Å². The van der Waals surface area contributed by atoms with Crippen LogP contribution in [0.2, 0.25) is 0 Å². The Kier molecular flexibility index (Phi) is 4.63. The van der Waals surface area contributed by atoms with Crippen molar-refractivity contribution in [3.63, 3.8) is 0 Å². The summed E-state index contributed by atoms with van der Waals surface area (Å²) in [5.41, 5.74) is 0.130. The lowest BCUT2D eigenvalue weighted by molar-refractivity contribution is 0.135. The number of aliphatic hydroxyl groups is 1. The zero-order valence-corrected chi connectivity index (χ0v) is 12.8. The van der Waals surface area contributed by atoms with Crippen molar-refractivity contribution in [3.8, 4) is 11.5 Å². The number of pyridine rings is 1. The number of aromatic amines is 1. The number of rotatable bonds is 6. The Morgan fingerprint density at radius 3 is 3.09 bits per heavy atom. The van der Waals surface area contributed by atoms with E-state index in [0.717, 1.165) is 6.42 Å². The predicted octanol–water partition coefficient (Wildman–Crippen LogP) is 0.481. The highest BCUT2D eigenvalue weighted by molar-refractivity contribution is 5.39. The average molecular weight is 321 g/mol. The molecule has 1 fully saturated rings. The molecule has 124 valence electrons. The minimum atomic E-state index is -0.934. The molecular weight excluding hydrogens is 302 g/mol. The fourth-order valence-corrected chi connectivity index (χ4v) is 2.43. The van der Waals surface area contributed by atoms with Crippen LogP contribution >= 0.6 is 0 Å². The van der Waals surface area contributed by atoms with Gasteiger partial charge in [-0.2, -0.15) is 0 Å². The van der Waals surface area contributed by atoms with Crippen LogP contribution in [0.5, 0.6) is 11.5 Å². The maximum Gasteiger partial charge on any atom is 0.325 e. The van der Waals surface area contributed by atoms with Crippen LogP contribution in [-0.2, 0) is 11.3 Å². The topological polar surface area (TPSA) is 98.6 Å². The lowest BCUT2D eigenvalue weighted by Crippen LogP contribution is -2.21. The van der Waals surface area contributed by atoms with Crippen LogP contribution < -0.4 is 15.2 Å². The number of hydrogen-bond donors (Lipinski definition) is 2. The van der Waals surface area contributed by atoms with Crippen LogP contribution in [0, 0.1) is 0 Å². The van der Waals surface area contributed by atoms with Gasteiger partial charge in [0.2, 0.25) is 0 Å². The van der Waals surface area contributed by atoms with E-state index in [1.54, 1.807) is 12.3 Å². The monoisotopic (exact) mass is 321 g/mol. The molecule has 8 nitrogen and oxygen atoms in total. The van der Waals surface area contributed by atoms with E-state index < -0.39 is 6.10 Å². The molecule has 1 saturated heterocycles. The smallest absolute Gasteiger partial charge is 0.325 e. The summed E-state index contributed by atoms with van der Waals surface area (Å²) in [4.78, 5) is 18.2. The zero-order valence-electron chi connectivity index (χ0n) is 12.8. The molecule has 1 aliphatic heterocycles. The van der Waals surface area contributed by atoms with Gasteiger partial charge in [-0.15, -0.1) is 0 Å². The second kappa shape index (κ2) is 6.84. The minimum Gasteiger partial charge on any atom is -0.491 e. The van der Waals surface area contributed by atoms with Crippen molar-refractivity contribution in [2.24, 2.45) is 0 Å². The van der Waals surface area contributed by atoms with E-state index in [-0.39, 0.29) is 18.3 Å². The fourth-order valence-electron chi connectivity index (χ4n) is 2.43. The van der Waals surface area contributed by atoms with Crippen molar-refractivity contribution < 1.29 is 19.3 Å². The van der Waals surface area contributed by atoms with E-state index in [9.17, 15) is 9.90 Å². The van der Waals surface area contributed by atoms with E-state index in [4.69, 9.17) is 14.2 Å². The molecule has 8 heteroatoms. The number of aromatic nitrogens is 3. The maximum atomic E-state index is 11.5. The summed E-state index contributed by atoms with van der Waals surface area (Å²) >= 11 is 0. The molecule has 2 aromatic heterocycles. The van der Waals surface area contributed by atoms with Crippen molar-refractivity contribution in [2.45, 2.75) is 25.2 Å². The van der Waals surface area contributed by atoms with E-state index >= 15 is 0 Å². The van der Waals surface area contributed by atoms with Gasteiger partial charge in [-0.3, -0.25) is 9.55 Å². The molecule has 23 heavy (non-hydrogen) atoms. The predicted molar refractivity (Wildman–Crippen MR) is 80.7 cm³/mol. The summed E-state index contributed by atoms with van der Waals surface area (Å²) < 4.78 is 17.8. The number of ether oxygens (including phenoxy) is 3. The molecule has 2 aromatic rings. The Morgan fingerprint density at radius 2 is 2.43 bits per heavy atom. The Labute approximate surface area is 132 Å². The molecule has 1 aliphatic rings. The Balaban J connectivity index is 1.78. The van der Waals surface area contributed by atoms with Gasteiger partial charge in [-0.25, -0.2) is 4.79 Å². The molecule has 0 bridgehead atoms. The first-order valence-corrected chi connectivity index (χ1v) is 7.37. The highest BCUT2D eigenvalue weighted by Crippen LogP contribution is 2.30.